The van der Waals surface area contributed by atoms with Crippen molar-refractivity contribution in [2.24, 2.45) is 4.99 Å². The molecule has 4 rings (SSSR count). The van der Waals surface area contributed by atoms with Gasteiger partial charge in [0.2, 0.25) is 17.8 Å². The van der Waals surface area contributed by atoms with E-state index in [0.29, 0.717) is 38.6 Å². The number of unbranched alkanes of at least 4 members (excludes halogenated alkanes) is 3. The van der Waals surface area contributed by atoms with Crippen LogP contribution >= 0.6 is 0 Å². The van der Waals surface area contributed by atoms with Crippen LogP contribution in [0.3, 0.4) is 0 Å². The lowest BCUT2D eigenvalue weighted by atomic mass is 10.1. The Morgan fingerprint density at radius 2 is 1.91 bits per heavy atom. The number of ether oxygens (including phenoxy) is 1. The highest BCUT2D eigenvalue weighted by Gasteiger charge is 2.29. The molecule has 2 heterocycles. The van der Waals surface area contributed by atoms with Gasteiger partial charge in [0.05, 0.1) is 18.9 Å². The summed E-state index contributed by atoms with van der Waals surface area (Å²) in [5, 5.41) is 12.1. The molecule has 0 radical (unpaired) electrons. The number of nitrogens with zero attached hydrogens (tertiary/aromatic N) is 3. The van der Waals surface area contributed by atoms with Gasteiger partial charge >= 0.3 is 0 Å². The van der Waals surface area contributed by atoms with Crippen molar-refractivity contribution in [3.63, 3.8) is 0 Å². The fourth-order valence-corrected chi connectivity index (χ4v) is 4.09. The smallest absolute Gasteiger partial charge is 0.246 e. The zero-order chi connectivity index (χ0) is 23.0. The molecule has 1 saturated heterocycles. The van der Waals surface area contributed by atoms with Gasteiger partial charge in [-0.2, -0.15) is 0 Å². The van der Waals surface area contributed by atoms with Crippen LogP contribution in [0.2, 0.25) is 0 Å². The minimum Gasteiger partial charge on any atom is -0.494 e. The lowest BCUT2D eigenvalue weighted by Gasteiger charge is -2.23. The molecule has 8 nitrogen and oxygen atoms in total. The van der Waals surface area contributed by atoms with E-state index in [9.17, 15) is 14.7 Å². The first-order valence-electron chi connectivity index (χ1n) is 11.5. The number of guanidine groups is 1. The van der Waals surface area contributed by atoms with Gasteiger partial charge in [0.1, 0.15) is 12.3 Å². The number of benzene rings is 2. The summed E-state index contributed by atoms with van der Waals surface area (Å²) in [6, 6.07) is 15.3. The van der Waals surface area contributed by atoms with Crippen molar-refractivity contribution in [1.82, 2.24) is 10.2 Å². The summed E-state index contributed by atoms with van der Waals surface area (Å²) in [5.74, 6) is 1.45. The predicted molar refractivity (Wildman–Crippen MR) is 127 cm³/mol. The van der Waals surface area contributed by atoms with E-state index in [2.05, 4.69) is 10.3 Å². The normalized spacial score (nSPS) is 14.3. The van der Waals surface area contributed by atoms with Crippen molar-refractivity contribution in [2.75, 3.05) is 31.2 Å². The number of hydrogen-bond donors (Lipinski definition) is 2. The Morgan fingerprint density at radius 3 is 2.73 bits per heavy atom. The zero-order valence-electron chi connectivity index (χ0n) is 18.7. The molecule has 0 bridgehead atoms. The van der Waals surface area contributed by atoms with E-state index in [-0.39, 0.29) is 18.4 Å². The van der Waals surface area contributed by atoms with Gasteiger partial charge in [0.25, 0.3) is 0 Å². The van der Waals surface area contributed by atoms with E-state index in [1.807, 2.05) is 53.4 Å². The van der Waals surface area contributed by atoms with Crippen LogP contribution in [-0.2, 0) is 16.1 Å². The molecule has 2 N–H and O–H groups in total. The Bertz CT molecular complexity index is 1010. The number of anilines is 1. The predicted octanol–water partition coefficient (Wildman–Crippen LogP) is 2.97. The van der Waals surface area contributed by atoms with E-state index in [0.717, 1.165) is 48.4 Å². The van der Waals surface area contributed by atoms with E-state index >= 15 is 0 Å². The first-order chi connectivity index (χ1) is 16.1. The summed E-state index contributed by atoms with van der Waals surface area (Å²) in [6.07, 6.45) is 4.14. The molecule has 174 valence electrons. The number of amides is 2. The Kier molecular flexibility index (Phi) is 7.57. The number of nitrogens with one attached hydrogen (secondary N) is 1. The summed E-state index contributed by atoms with van der Waals surface area (Å²) in [7, 11) is 0. The average Bonchev–Trinajstić information content (AvgIpc) is 3.19. The lowest BCUT2D eigenvalue weighted by Crippen LogP contribution is -2.33. The third kappa shape index (κ3) is 5.90. The fraction of sp³-hybridized carbons (Fsp3) is 0.400. The summed E-state index contributed by atoms with van der Waals surface area (Å²) in [6.45, 7) is 1.87. The van der Waals surface area contributed by atoms with Crippen LogP contribution in [0.5, 0.6) is 5.75 Å². The topological polar surface area (TPSA) is 94.5 Å². The van der Waals surface area contributed by atoms with Gasteiger partial charge in [-0.1, -0.05) is 31.0 Å². The molecule has 0 spiro atoms. The molecule has 2 aromatic rings. The number of hydrogen-bond acceptors (Lipinski definition) is 6. The van der Waals surface area contributed by atoms with E-state index in [1.54, 1.807) is 4.90 Å². The minimum atomic E-state index is -0.0543. The van der Waals surface area contributed by atoms with Gasteiger partial charge in [-0.15, -0.1) is 0 Å². The standard InChI is InChI=1S/C25H30N4O4/c30-14-13-29(20-8-4-3-5-9-20)24(32)10-6-1-2-7-15-33-21-11-12-22-19(16-21)17-28-18-23(31)27-25(28)26-22/h3-5,8-9,11-12,16,30H,1-2,6-7,10,13-15,17-18H2,(H,26,27,31). The number of fused-ring (bicyclic) bond motifs is 2. The van der Waals surface area contributed by atoms with Crippen molar-refractivity contribution in [3.05, 3.63) is 54.1 Å². The SMILES string of the molecule is O=C1CN2Cc3cc(OCCCCCCC(=O)N(CCO)c4ccccc4)ccc3N=C2N1. The number of para-hydroxylation sites is 1. The van der Waals surface area contributed by atoms with Gasteiger partial charge in [-0.25, -0.2) is 4.99 Å². The Labute approximate surface area is 193 Å². The number of carbonyl (C=O) groups is 2. The highest BCUT2D eigenvalue weighted by atomic mass is 16.5. The van der Waals surface area contributed by atoms with E-state index in [1.165, 1.54) is 0 Å². The highest BCUT2D eigenvalue weighted by Crippen LogP contribution is 2.30. The highest BCUT2D eigenvalue weighted by molar-refractivity contribution is 6.05. The van der Waals surface area contributed by atoms with Crippen LogP contribution in [0.15, 0.2) is 53.5 Å². The van der Waals surface area contributed by atoms with Gasteiger partial charge < -0.3 is 19.6 Å². The third-order valence-corrected chi connectivity index (χ3v) is 5.77. The first kappa shape index (κ1) is 22.8. The van der Waals surface area contributed by atoms with Crippen LogP contribution in [0.25, 0.3) is 0 Å². The molecule has 2 aliphatic heterocycles. The molecule has 0 saturated carbocycles. The molecular weight excluding hydrogens is 420 g/mol. The molecular formula is C25H30N4O4. The molecule has 1 fully saturated rings. The van der Waals surface area contributed by atoms with Crippen molar-refractivity contribution in [1.29, 1.82) is 0 Å². The maximum atomic E-state index is 12.6. The number of rotatable bonds is 11. The van der Waals surface area contributed by atoms with E-state index < -0.39 is 0 Å². The molecule has 8 heteroatoms. The van der Waals surface area contributed by atoms with Crippen LogP contribution in [-0.4, -0.2) is 54.1 Å². The zero-order valence-corrected chi connectivity index (χ0v) is 18.7. The molecule has 0 aromatic heterocycles. The van der Waals surface area contributed by atoms with Crippen LogP contribution in [0.1, 0.15) is 37.7 Å². The molecule has 2 aromatic carbocycles. The average molecular weight is 451 g/mol. The molecule has 0 aliphatic carbocycles. The van der Waals surface area contributed by atoms with Crippen LogP contribution in [0.4, 0.5) is 11.4 Å². The fourth-order valence-electron chi connectivity index (χ4n) is 4.09. The maximum absolute atomic E-state index is 12.6. The Morgan fingerprint density at radius 1 is 1.09 bits per heavy atom. The quantitative estimate of drug-likeness (QED) is 0.514. The molecule has 2 amide bonds. The molecule has 2 aliphatic rings. The summed E-state index contributed by atoms with van der Waals surface area (Å²) in [5.41, 5.74) is 2.74. The monoisotopic (exact) mass is 450 g/mol. The Hall–Kier alpha value is -3.39. The van der Waals surface area contributed by atoms with E-state index in [4.69, 9.17) is 4.74 Å². The molecule has 0 unspecified atom stereocenters. The second-order valence-corrected chi connectivity index (χ2v) is 8.25. The second-order valence-electron chi connectivity index (χ2n) is 8.25. The number of aliphatic hydroxyl groups excluding tert-OH is 1. The Balaban J connectivity index is 1.15. The lowest BCUT2D eigenvalue weighted by molar-refractivity contribution is -0.119. The van der Waals surface area contributed by atoms with Crippen molar-refractivity contribution in [3.8, 4) is 5.75 Å². The molecule has 33 heavy (non-hydrogen) atoms. The third-order valence-electron chi connectivity index (χ3n) is 5.77. The number of aliphatic hydroxyl groups is 1. The maximum Gasteiger partial charge on any atom is 0.246 e. The largest absolute Gasteiger partial charge is 0.494 e. The van der Waals surface area contributed by atoms with Gasteiger partial charge in [-0.3, -0.25) is 14.9 Å². The number of aliphatic imine (C=N–C) groups is 1. The molecule has 0 atom stereocenters. The second kappa shape index (κ2) is 11.0. The summed E-state index contributed by atoms with van der Waals surface area (Å²) >= 11 is 0. The summed E-state index contributed by atoms with van der Waals surface area (Å²) in [4.78, 5) is 32.2. The first-order valence-corrected chi connectivity index (χ1v) is 11.5. The van der Waals surface area contributed by atoms with Crippen LogP contribution < -0.4 is 15.0 Å². The van der Waals surface area contributed by atoms with Gasteiger partial charge in [-0.05, 0) is 43.2 Å². The van der Waals surface area contributed by atoms with Crippen LogP contribution in [0, 0.1) is 0 Å². The minimum absolute atomic E-state index is 0.0269. The van der Waals surface area contributed by atoms with Crippen molar-refractivity contribution >= 4 is 29.1 Å². The van der Waals surface area contributed by atoms with Gasteiger partial charge in [0, 0.05) is 30.8 Å². The summed E-state index contributed by atoms with van der Waals surface area (Å²) < 4.78 is 5.91. The van der Waals surface area contributed by atoms with Crippen molar-refractivity contribution in [2.45, 2.75) is 38.6 Å². The van der Waals surface area contributed by atoms with Gasteiger partial charge in [0.15, 0.2) is 0 Å². The number of carbonyl (C=O) groups excluding carboxylic acids is 2. The van der Waals surface area contributed by atoms with Crippen molar-refractivity contribution < 1.29 is 19.4 Å².